The van der Waals surface area contributed by atoms with E-state index in [-0.39, 0.29) is 17.1 Å². The molecule has 21 heavy (non-hydrogen) atoms. The molecular formula is C15H23N5O. The first-order valence-electron chi connectivity index (χ1n) is 7.49. The van der Waals surface area contributed by atoms with Crippen LogP contribution in [0.3, 0.4) is 0 Å². The van der Waals surface area contributed by atoms with Gasteiger partial charge in [0, 0.05) is 25.3 Å². The molecule has 1 aliphatic heterocycles. The number of hydrogen-bond acceptors (Lipinski definition) is 4. The van der Waals surface area contributed by atoms with Crippen molar-refractivity contribution in [3.63, 3.8) is 0 Å². The van der Waals surface area contributed by atoms with Gasteiger partial charge in [0.05, 0.1) is 6.54 Å². The maximum absolute atomic E-state index is 12.2. The predicted octanol–water partition coefficient (Wildman–Crippen LogP) is 0.555. The Labute approximate surface area is 124 Å². The quantitative estimate of drug-likeness (QED) is 0.896. The average Bonchev–Trinajstić information content (AvgIpc) is 2.77. The van der Waals surface area contributed by atoms with Gasteiger partial charge in [-0.05, 0) is 30.5 Å². The molecule has 2 N–H and O–H groups in total. The molecule has 0 radical (unpaired) electrons. The Kier molecular flexibility index (Phi) is 3.59. The SMILES string of the molecule is CC1(C)CN(CCn2nc3ccccn3c2=O)CCC1N. The zero-order chi connectivity index (χ0) is 15.0. The van der Waals surface area contributed by atoms with Crippen LogP contribution in [0.5, 0.6) is 0 Å². The molecule has 1 aliphatic rings. The fourth-order valence-corrected chi connectivity index (χ4v) is 3.03. The van der Waals surface area contributed by atoms with Gasteiger partial charge in [0.25, 0.3) is 0 Å². The zero-order valence-electron chi connectivity index (χ0n) is 12.7. The molecule has 1 saturated heterocycles. The van der Waals surface area contributed by atoms with E-state index in [1.807, 2.05) is 18.2 Å². The van der Waals surface area contributed by atoms with E-state index in [9.17, 15) is 4.79 Å². The van der Waals surface area contributed by atoms with E-state index in [4.69, 9.17) is 5.73 Å². The van der Waals surface area contributed by atoms with Gasteiger partial charge < -0.3 is 10.6 Å². The third-order valence-corrected chi connectivity index (χ3v) is 4.51. The monoisotopic (exact) mass is 289 g/mol. The van der Waals surface area contributed by atoms with Crippen LogP contribution < -0.4 is 11.4 Å². The van der Waals surface area contributed by atoms with Crippen molar-refractivity contribution >= 4 is 5.65 Å². The third kappa shape index (κ3) is 2.73. The Morgan fingerprint density at radius 3 is 2.90 bits per heavy atom. The molecule has 0 aliphatic carbocycles. The highest BCUT2D eigenvalue weighted by Crippen LogP contribution is 2.27. The maximum Gasteiger partial charge on any atom is 0.350 e. The number of nitrogens with zero attached hydrogens (tertiary/aromatic N) is 4. The van der Waals surface area contributed by atoms with Gasteiger partial charge in [0.15, 0.2) is 5.65 Å². The minimum Gasteiger partial charge on any atom is -0.327 e. The lowest BCUT2D eigenvalue weighted by Crippen LogP contribution is -2.53. The Morgan fingerprint density at radius 2 is 2.19 bits per heavy atom. The molecule has 0 aromatic carbocycles. The molecule has 0 saturated carbocycles. The zero-order valence-corrected chi connectivity index (χ0v) is 12.7. The van der Waals surface area contributed by atoms with Crippen molar-refractivity contribution in [2.75, 3.05) is 19.6 Å². The second-order valence-corrected chi connectivity index (χ2v) is 6.59. The Balaban J connectivity index is 1.70. The lowest BCUT2D eigenvalue weighted by molar-refractivity contribution is 0.0914. The van der Waals surface area contributed by atoms with E-state index in [2.05, 4.69) is 23.8 Å². The van der Waals surface area contributed by atoms with Crippen LogP contribution in [-0.2, 0) is 6.54 Å². The summed E-state index contributed by atoms with van der Waals surface area (Å²) in [6, 6.07) is 5.84. The number of pyridine rings is 1. The normalized spacial score (nSPS) is 22.7. The van der Waals surface area contributed by atoms with E-state index >= 15 is 0 Å². The molecule has 1 fully saturated rings. The number of fused-ring (bicyclic) bond motifs is 1. The molecule has 2 aromatic heterocycles. The molecule has 3 heterocycles. The van der Waals surface area contributed by atoms with Gasteiger partial charge in [-0.1, -0.05) is 19.9 Å². The number of likely N-dealkylation sites (tertiary alicyclic amines) is 1. The average molecular weight is 289 g/mol. The second-order valence-electron chi connectivity index (χ2n) is 6.59. The van der Waals surface area contributed by atoms with Crippen LogP contribution in [-0.4, -0.2) is 44.8 Å². The molecule has 6 heteroatoms. The number of aromatic nitrogens is 3. The number of piperidine rings is 1. The summed E-state index contributed by atoms with van der Waals surface area (Å²) in [6.45, 7) is 7.83. The van der Waals surface area contributed by atoms with Crippen LogP contribution in [0.2, 0.25) is 0 Å². The molecule has 3 rings (SSSR count). The van der Waals surface area contributed by atoms with Gasteiger partial charge >= 0.3 is 5.69 Å². The lowest BCUT2D eigenvalue weighted by atomic mass is 9.80. The topological polar surface area (TPSA) is 68.6 Å². The highest BCUT2D eigenvalue weighted by Gasteiger charge is 2.33. The van der Waals surface area contributed by atoms with E-state index in [0.717, 1.165) is 26.1 Å². The molecule has 114 valence electrons. The van der Waals surface area contributed by atoms with E-state index < -0.39 is 0 Å². The summed E-state index contributed by atoms with van der Waals surface area (Å²) >= 11 is 0. The van der Waals surface area contributed by atoms with Gasteiger partial charge in [0.2, 0.25) is 0 Å². The molecule has 0 bridgehead atoms. The molecule has 0 amide bonds. The van der Waals surface area contributed by atoms with Gasteiger partial charge in [-0.15, -0.1) is 5.10 Å². The van der Waals surface area contributed by atoms with E-state index in [1.54, 1.807) is 15.3 Å². The molecule has 0 spiro atoms. The summed E-state index contributed by atoms with van der Waals surface area (Å²) in [7, 11) is 0. The van der Waals surface area contributed by atoms with Gasteiger partial charge in [-0.3, -0.25) is 4.40 Å². The van der Waals surface area contributed by atoms with Crippen molar-refractivity contribution in [3.8, 4) is 0 Å². The van der Waals surface area contributed by atoms with Crippen molar-refractivity contribution in [2.45, 2.75) is 32.9 Å². The summed E-state index contributed by atoms with van der Waals surface area (Å²) in [5.74, 6) is 0. The second kappa shape index (κ2) is 5.27. The fourth-order valence-electron chi connectivity index (χ4n) is 3.03. The summed E-state index contributed by atoms with van der Waals surface area (Å²) < 4.78 is 3.13. The fraction of sp³-hybridized carbons (Fsp3) is 0.600. The molecule has 2 aromatic rings. The van der Waals surface area contributed by atoms with Crippen molar-refractivity contribution in [1.29, 1.82) is 0 Å². The number of rotatable bonds is 3. The van der Waals surface area contributed by atoms with Crippen LogP contribution in [0.4, 0.5) is 0 Å². The van der Waals surface area contributed by atoms with Crippen LogP contribution in [0.1, 0.15) is 20.3 Å². The lowest BCUT2D eigenvalue weighted by Gasteiger charge is -2.42. The Morgan fingerprint density at radius 1 is 1.38 bits per heavy atom. The van der Waals surface area contributed by atoms with Gasteiger partial charge in [-0.25, -0.2) is 9.48 Å². The van der Waals surface area contributed by atoms with Crippen molar-refractivity contribution < 1.29 is 0 Å². The van der Waals surface area contributed by atoms with Crippen molar-refractivity contribution in [2.24, 2.45) is 11.1 Å². The largest absolute Gasteiger partial charge is 0.350 e. The molecular weight excluding hydrogens is 266 g/mol. The predicted molar refractivity (Wildman–Crippen MR) is 82.3 cm³/mol. The number of nitrogens with two attached hydrogens (primary N) is 1. The smallest absolute Gasteiger partial charge is 0.327 e. The van der Waals surface area contributed by atoms with E-state index in [0.29, 0.717) is 12.2 Å². The summed E-state index contributed by atoms with van der Waals surface area (Å²) in [5, 5.41) is 4.36. The van der Waals surface area contributed by atoms with Gasteiger partial charge in [0.1, 0.15) is 0 Å². The van der Waals surface area contributed by atoms with Crippen molar-refractivity contribution in [3.05, 3.63) is 34.9 Å². The first-order chi connectivity index (χ1) is 9.97. The highest BCUT2D eigenvalue weighted by atomic mass is 16.2. The molecule has 1 unspecified atom stereocenters. The first kappa shape index (κ1) is 14.3. The van der Waals surface area contributed by atoms with Crippen LogP contribution in [0.25, 0.3) is 5.65 Å². The highest BCUT2D eigenvalue weighted by molar-refractivity contribution is 5.35. The summed E-state index contributed by atoms with van der Waals surface area (Å²) in [6.07, 6.45) is 2.76. The third-order valence-electron chi connectivity index (χ3n) is 4.51. The minimum absolute atomic E-state index is 0.0708. The minimum atomic E-state index is -0.0708. The van der Waals surface area contributed by atoms with Gasteiger partial charge in [-0.2, -0.15) is 0 Å². The first-order valence-corrected chi connectivity index (χ1v) is 7.49. The van der Waals surface area contributed by atoms with Crippen molar-refractivity contribution in [1.82, 2.24) is 19.1 Å². The van der Waals surface area contributed by atoms with Crippen LogP contribution in [0.15, 0.2) is 29.2 Å². The number of hydrogen-bond donors (Lipinski definition) is 1. The summed E-state index contributed by atoms with van der Waals surface area (Å²) in [4.78, 5) is 14.6. The van der Waals surface area contributed by atoms with Crippen LogP contribution in [0, 0.1) is 5.41 Å². The summed E-state index contributed by atoms with van der Waals surface area (Å²) in [5.41, 5.74) is 6.91. The van der Waals surface area contributed by atoms with E-state index in [1.165, 1.54) is 0 Å². The maximum atomic E-state index is 12.2. The Bertz CT molecular complexity index is 687. The van der Waals surface area contributed by atoms with Crippen LogP contribution >= 0.6 is 0 Å². The Hall–Kier alpha value is -1.66. The standard InChI is InChI=1S/C15H23N5O/c1-15(2)11-18(8-6-12(15)16)9-10-20-14(21)19-7-4-3-5-13(19)17-20/h3-5,7,12H,6,8-11,16H2,1-2H3. The molecule has 1 atom stereocenters. The molecule has 6 nitrogen and oxygen atoms in total.